The molecule has 0 spiro atoms. The molecule has 19 heavy (non-hydrogen) atoms. The van der Waals surface area contributed by atoms with Gasteiger partial charge in [-0.2, -0.15) is 0 Å². The van der Waals surface area contributed by atoms with Crippen molar-refractivity contribution in [3.8, 4) is 11.5 Å². The SMILES string of the molecule is CCN(CCO)Cc1cc2c(cc1Br)OCCCO2. The van der Waals surface area contributed by atoms with E-state index in [-0.39, 0.29) is 6.61 Å². The van der Waals surface area contributed by atoms with Gasteiger partial charge in [-0.15, -0.1) is 0 Å². The number of fused-ring (bicyclic) bond motifs is 1. The van der Waals surface area contributed by atoms with E-state index in [1.54, 1.807) is 0 Å². The van der Waals surface area contributed by atoms with Crippen molar-refractivity contribution in [1.82, 2.24) is 4.90 Å². The molecule has 4 nitrogen and oxygen atoms in total. The maximum absolute atomic E-state index is 9.05. The lowest BCUT2D eigenvalue weighted by Gasteiger charge is -2.20. The highest BCUT2D eigenvalue weighted by atomic mass is 79.9. The highest BCUT2D eigenvalue weighted by molar-refractivity contribution is 9.10. The molecular formula is C14H20BrNO3. The van der Waals surface area contributed by atoms with E-state index >= 15 is 0 Å². The topological polar surface area (TPSA) is 41.9 Å². The number of likely N-dealkylation sites (N-methyl/N-ethyl adjacent to an activating group) is 1. The molecular weight excluding hydrogens is 310 g/mol. The van der Waals surface area contributed by atoms with Gasteiger partial charge in [0.2, 0.25) is 0 Å². The van der Waals surface area contributed by atoms with Gasteiger partial charge in [-0.25, -0.2) is 0 Å². The highest BCUT2D eigenvalue weighted by Crippen LogP contribution is 2.35. The first kappa shape index (κ1) is 14.6. The smallest absolute Gasteiger partial charge is 0.162 e. The van der Waals surface area contributed by atoms with Crippen molar-refractivity contribution in [2.24, 2.45) is 0 Å². The predicted octanol–water partition coefficient (Wildman–Crippen LogP) is 2.42. The van der Waals surface area contributed by atoms with Crippen molar-refractivity contribution in [3.63, 3.8) is 0 Å². The lowest BCUT2D eigenvalue weighted by atomic mass is 10.2. The molecule has 1 N–H and O–H groups in total. The van der Waals surface area contributed by atoms with Crippen molar-refractivity contribution in [3.05, 3.63) is 22.2 Å². The molecule has 0 atom stereocenters. The summed E-state index contributed by atoms with van der Waals surface area (Å²) in [6.45, 7) is 6.03. The third kappa shape index (κ3) is 3.84. The van der Waals surface area contributed by atoms with Crippen molar-refractivity contribution >= 4 is 15.9 Å². The molecule has 0 unspecified atom stereocenters. The number of aliphatic hydroxyl groups is 1. The van der Waals surface area contributed by atoms with Crippen LogP contribution in [-0.2, 0) is 6.54 Å². The fraction of sp³-hybridized carbons (Fsp3) is 0.571. The zero-order valence-electron chi connectivity index (χ0n) is 11.2. The van der Waals surface area contributed by atoms with Crippen molar-refractivity contribution in [2.75, 3.05) is 32.9 Å². The molecule has 0 saturated heterocycles. The lowest BCUT2D eigenvalue weighted by Crippen LogP contribution is -2.26. The van der Waals surface area contributed by atoms with E-state index in [1.807, 2.05) is 12.1 Å². The molecule has 0 amide bonds. The van der Waals surface area contributed by atoms with E-state index in [2.05, 4.69) is 27.8 Å². The Labute approximate surface area is 122 Å². The lowest BCUT2D eigenvalue weighted by molar-refractivity contribution is 0.196. The third-order valence-electron chi connectivity index (χ3n) is 3.17. The van der Waals surface area contributed by atoms with Gasteiger partial charge in [0, 0.05) is 24.0 Å². The largest absolute Gasteiger partial charge is 0.490 e. The minimum Gasteiger partial charge on any atom is -0.490 e. The van der Waals surface area contributed by atoms with Crippen LogP contribution < -0.4 is 9.47 Å². The summed E-state index contributed by atoms with van der Waals surface area (Å²) in [5.74, 6) is 1.62. The molecule has 0 bridgehead atoms. The number of nitrogens with zero attached hydrogens (tertiary/aromatic N) is 1. The van der Waals surface area contributed by atoms with Crippen LogP contribution in [0.1, 0.15) is 18.9 Å². The van der Waals surface area contributed by atoms with Gasteiger partial charge in [-0.3, -0.25) is 4.90 Å². The van der Waals surface area contributed by atoms with Crippen molar-refractivity contribution in [2.45, 2.75) is 19.9 Å². The Balaban J connectivity index is 2.18. The minimum absolute atomic E-state index is 0.177. The molecule has 5 heteroatoms. The molecule has 106 valence electrons. The molecule has 2 rings (SSSR count). The Morgan fingerprint density at radius 1 is 1.26 bits per heavy atom. The van der Waals surface area contributed by atoms with Crippen molar-refractivity contribution in [1.29, 1.82) is 0 Å². The Morgan fingerprint density at radius 2 is 1.95 bits per heavy atom. The van der Waals surface area contributed by atoms with Gasteiger partial charge in [-0.05, 0) is 24.2 Å². The molecule has 0 saturated carbocycles. The summed E-state index contributed by atoms with van der Waals surface area (Å²) in [7, 11) is 0. The number of hydrogen-bond donors (Lipinski definition) is 1. The number of hydrogen-bond acceptors (Lipinski definition) is 4. The number of aliphatic hydroxyl groups excluding tert-OH is 1. The molecule has 1 aliphatic rings. The molecule has 0 fully saturated rings. The van der Waals surface area contributed by atoms with E-state index in [1.165, 1.54) is 0 Å². The maximum atomic E-state index is 9.05. The summed E-state index contributed by atoms with van der Waals surface area (Å²) < 4.78 is 12.4. The van der Waals surface area contributed by atoms with Crippen LogP contribution in [0.5, 0.6) is 11.5 Å². The molecule has 0 radical (unpaired) electrons. The summed E-state index contributed by atoms with van der Waals surface area (Å²) in [4.78, 5) is 2.18. The Kier molecular flexibility index (Phi) is 5.48. The van der Waals surface area contributed by atoms with Gasteiger partial charge >= 0.3 is 0 Å². The number of ether oxygens (including phenoxy) is 2. The van der Waals surface area contributed by atoms with Crippen LogP contribution in [0.3, 0.4) is 0 Å². The summed E-state index contributed by atoms with van der Waals surface area (Å²) in [6, 6.07) is 4.01. The van der Waals surface area contributed by atoms with Gasteiger partial charge in [0.05, 0.1) is 19.8 Å². The van der Waals surface area contributed by atoms with E-state index < -0.39 is 0 Å². The Bertz CT molecular complexity index is 425. The average molecular weight is 330 g/mol. The minimum atomic E-state index is 0.177. The summed E-state index contributed by atoms with van der Waals surface area (Å²) in [5.41, 5.74) is 1.15. The van der Waals surface area contributed by atoms with Crippen LogP contribution >= 0.6 is 15.9 Å². The zero-order valence-corrected chi connectivity index (χ0v) is 12.8. The summed E-state index contributed by atoms with van der Waals surface area (Å²) in [5, 5.41) is 9.05. The maximum Gasteiger partial charge on any atom is 0.162 e. The zero-order chi connectivity index (χ0) is 13.7. The Hall–Kier alpha value is -0.780. The van der Waals surface area contributed by atoms with Crippen LogP contribution in [0.2, 0.25) is 0 Å². The van der Waals surface area contributed by atoms with E-state index in [0.29, 0.717) is 19.8 Å². The van der Waals surface area contributed by atoms with E-state index in [0.717, 1.165) is 41.0 Å². The fourth-order valence-electron chi connectivity index (χ4n) is 2.08. The van der Waals surface area contributed by atoms with E-state index in [9.17, 15) is 0 Å². The van der Waals surface area contributed by atoms with E-state index in [4.69, 9.17) is 14.6 Å². The quantitative estimate of drug-likeness (QED) is 0.900. The average Bonchev–Trinajstić information content (AvgIpc) is 2.63. The molecule has 1 aromatic rings. The first-order valence-electron chi connectivity index (χ1n) is 6.65. The number of halogens is 1. The second-order valence-corrected chi connectivity index (χ2v) is 5.39. The Morgan fingerprint density at radius 3 is 2.58 bits per heavy atom. The van der Waals surface area contributed by atoms with Gasteiger partial charge < -0.3 is 14.6 Å². The van der Waals surface area contributed by atoms with Crippen LogP contribution in [0, 0.1) is 0 Å². The molecule has 0 aliphatic carbocycles. The first-order chi connectivity index (χ1) is 9.24. The number of benzene rings is 1. The van der Waals surface area contributed by atoms with Crippen LogP contribution in [0.4, 0.5) is 0 Å². The van der Waals surface area contributed by atoms with Crippen molar-refractivity contribution < 1.29 is 14.6 Å². The van der Waals surface area contributed by atoms with Gasteiger partial charge in [-0.1, -0.05) is 22.9 Å². The summed E-state index contributed by atoms with van der Waals surface area (Å²) in [6.07, 6.45) is 0.910. The second kappa shape index (κ2) is 7.12. The summed E-state index contributed by atoms with van der Waals surface area (Å²) >= 11 is 3.58. The standard InChI is InChI=1S/C14H20BrNO3/c1-2-16(4-5-17)10-11-8-13-14(9-12(11)15)19-7-3-6-18-13/h8-9,17H,2-7,10H2,1H3. The highest BCUT2D eigenvalue weighted by Gasteiger charge is 2.15. The van der Waals surface area contributed by atoms with Gasteiger partial charge in [0.25, 0.3) is 0 Å². The molecule has 1 aliphatic heterocycles. The fourth-order valence-corrected chi connectivity index (χ4v) is 2.53. The van der Waals surface area contributed by atoms with Crippen LogP contribution in [-0.4, -0.2) is 42.9 Å². The number of rotatable bonds is 5. The second-order valence-electron chi connectivity index (χ2n) is 4.53. The molecule has 1 heterocycles. The van der Waals surface area contributed by atoms with Gasteiger partial charge in [0.15, 0.2) is 11.5 Å². The molecule has 1 aromatic carbocycles. The van der Waals surface area contributed by atoms with Crippen LogP contribution in [0.15, 0.2) is 16.6 Å². The monoisotopic (exact) mass is 329 g/mol. The first-order valence-corrected chi connectivity index (χ1v) is 7.45. The van der Waals surface area contributed by atoms with Crippen LogP contribution in [0.25, 0.3) is 0 Å². The third-order valence-corrected chi connectivity index (χ3v) is 3.91. The molecule has 0 aromatic heterocycles. The normalized spacial score (nSPS) is 14.5. The van der Waals surface area contributed by atoms with Gasteiger partial charge in [0.1, 0.15) is 0 Å². The predicted molar refractivity (Wildman–Crippen MR) is 77.8 cm³/mol.